The number of ether oxygens (including phenoxy) is 2. The van der Waals surface area contributed by atoms with Crippen molar-refractivity contribution in [1.29, 1.82) is 0 Å². The molecule has 0 unspecified atom stereocenters. The van der Waals surface area contributed by atoms with Crippen molar-refractivity contribution in [3.8, 4) is 11.5 Å². The number of hydrogen-bond donors (Lipinski definition) is 2. The first kappa shape index (κ1) is 16.5. The number of carbonyl (C=O) groups excluding carboxylic acids is 1. The summed E-state index contributed by atoms with van der Waals surface area (Å²) in [6.07, 6.45) is -0.912. The Kier molecular flexibility index (Phi) is 4.57. The first-order valence-corrected chi connectivity index (χ1v) is 9.07. The number of benzene rings is 2. The fourth-order valence-electron chi connectivity index (χ4n) is 2.45. The van der Waals surface area contributed by atoms with Crippen molar-refractivity contribution in [2.75, 3.05) is 17.8 Å². The summed E-state index contributed by atoms with van der Waals surface area (Å²) in [5, 5.41) is 0. The van der Waals surface area contributed by atoms with E-state index in [2.05, 4.69) is 4.74 Å². The summed E-state index contributed by atoms with van der Waals surface area (Å²) in [5.41, 5.74) is 1.64. The molecule has 0 spiro atoms. The molecule has 0 bridgehead atoms. The molecule has 0 amide bonds. The average Bonchev–Trinajstić information content (AvgIpc) is 2.56. The number of carbonyl (C=O) groups is 1. The minimum Gasteiger partial charge on any atom is -0.453 e. The molecule has 1 heterocycles. The van der Waals surface area contributed by atoms with Gasteiger partial charge < -0.3 is 24.2 Å². The van der Waals surface area contributed by atoms with Crippen molar-refractivity contribution in [2.24, 2.45) is 0 Å². The zero-order valence-corrected chi connectivity index (χ0v) is 13.6. The summed E-state index contributed by atoms with van der Waals surface area (Å²) in [6.45, 7) is 0.303. The summed E-state index contributed by atoms with van der Waals surface area (Å²) >= 11 is 0. The molecule has 7 nitrogen and oxygen atoms in total. The lowest BCUT2D eigenvalue weighted by molar-refractivity contribution is -0.141. The van der Waals surface area contributed by atoms with Crippen LogP contribution in [-0.2, 0) is 14.1 Å². The molecule has 0 atom stereocenters. The summed E-state index contributed by atoms with van der Waals surface area (Å²) in [4.78, 5) is 31.2. The Balaban J connectivity index is 1.76. The molecular weight excluding hydrogens is 333 g/mol. The van der Waals surface area contributed by atoms with E-state index in [1.165, 1.54) is 0 Å². The molecule has 0 fully saturated rings. The van der Waals surface area contributed by atoms with Gasteiger partial charge in [-0.3, -0.25) is 9.36 Å². The van der Waals surface area contributed by atoms with Crippen LogP contribution in [0.15, 0.2) is 48.5 Å². The van der Waals surface area contributed by atoms with E-state index in [1.807, 2.05) is 53.4 Å². The number of rotatable bonds is 5. The molecule has 0 saturated carbocycles. The van der Waals surface area contributed by atoms with Gasteiger partial charge in [0.25, 0.3) is 0 Å². The van der Waals surface area contributed by atoms with Crippen LogP contribution < -0.4 is 9.64 Å². The molecule has 2 aromatic rings. The molecular formula is C16H16NO6P. The van der Waals surface area contributed by atoms with Gasteiger partial charge in [-0.15, -0.1) is 0 Å². The van der Waals surface area contributed by atoms with Crippen molar-refractivity contribution >= 4 is 24.9 Å². The second kappa shape index (κ2) is 6.65. The quantitative estimate of drug-likeness (QED) is 0.633. The van der Waals surface area contributed by atoms with Crippen LogP contribution in [0.3, 0.4) is 0 Å². The number of anilines is 2. The minimum absolute atomic E-state index is 0.0112. The molecule has 1 aliphatic rings. The zero-order valence-electron chi connectivity index (χ0n) is 12.7. The Morgan fingerprint density at radius 2 is 1.58 bits per heavy atom. The lowest BCUT2D eigenvalue weighted by Crippen LogP contribution is -2.24. The van der Waals surface area contributed by atoms with E-state index < -0.39 is 19.9 Å². The summed E-state index contributed by atoms with van der Waals surface area (Å²) in [5.74, 6) is 0.694. The molecule has 24 heavy (non-hydrogen) atoms. The largest absolute Gasteiger partial charge is 0.453 e. The van der Waals surface area contributed by atoms with E-state index in [9.17, 15) is 9.36 Å². The first-order chi connectivity index (χ1) is 11.4. The van der Waals surface area contributed by atoms with Crippen LogP contribution in [0.1, 0.15) is 6.42 Å². The fourth-order valence-corrected chi connectivity index (χ4v) is 2.77. The average molecular weight is 349 g/mol. The van der Waals surface area contributed by atoms with E-state index in [0.29, 0.717) is 18.0 Å². The maximum Gasteiger partial charge on any atom is 0.362 e. The molecule has 0 radical (unpaired) electrons. The van der Waals surface area contributed by atoms with E-state index in [-0.39, 0.29) is 6.42 Å². The SMILES string of the molecule is O=C(CCN1c2ccccc2Oc2ccccc21)OCP(=O)(O)O. The van der Waals surface area contributed by atoms with E-state index in [0.717, 1.165) is 11.4 Å². The monoisotopic (exact) mass is 349 g/mol. The standard InChI is InChI=1S/C16H16NO6P/c18-16(22-11-24(19,20)21)9-10-17-12-5-1-3-7-14(12)23-15-8-4-2-6-13(15)17/h1-8H,9-11H2,(H2,19,20,21). The van der Waals surface area contributed by atoms with Gasteiger partial charge in [0, 0.05) is 6.54 Å². The molecule has 0 aliphatic carbocycles. The predicted molar refractivity (Wildman–Crippen MR) is 87.6 cm³/mol. The fraction of sp³-hybridized carbons (Fsp3) is 0.188. The van der Waals surface area contributed by atoms with Gasteiger partial charge in [-0.05, 0) is 24.3 Å². The van der Waals surface area contributed by atoms with Gasteiger partial charge in [-0.1, -0.05) is 24.3 Å². The Morgan fingerprint density at radius 1 is 1.04 bits per heavy atom. The topological polar surface area (TPSA) is 96.3 Å². The van der Waals surface area contributed by atoms with Crippen molar-refractivity contribution in [3.63, 3.8) is 0 Å². The normalized spacial score (nSPS) is 12.8. The van der Waals surface area contributed by atoms with Gasteiger partial charge in [0.15, 0.2) is 17.8 Å². The maximum absolute atomic E-state index is 11.7. The second-order valence-corrected chi connectivity index (χ2v) is 6.84. The highest BCUT2D eigenvalue weighted by molar-refractivity contribution is 7.51. The van der Waals surface area contributed by atoms with Crippen molar-refractivity contribution < 1.29 is 28.6 Å². The van der Waals surface area contributed by atoms with Gasteiger partial charge in [-0.25, -0.2) is 0 Å². The third kappa shape index (κ3) is 3.76. The maximum atomic E-state index is 11.7. The van der Waals surface area contributed by atoms with Crippen LogP contribution in [0.2, 0.25) is 0 Å². The van der Waals surface area contributed by atoms with E-state index in [1.54, 1.807) is 0 Å². The van der Waals surface area contributed by atoms with Gasteiger partial charge in [0.1, 0.15) is 0 Å². The van der Waals surface area contributed by atoms with Crippen molar-refractivity contribution in [1.82, 2.24) is 0 Å². The van der Waals surface area contributed by atoms with Crippen LogP contribution in [0.4, 0.5) is 11.4 Å². The number of hydrogen-bond acceptors (Lipinski definition) is 5. The summed E-state index contributed by atoms with van der Waals surface area (Å²) < 4.78 is 21.2. The Bertz CT molecular complexity index is 757. The number of esters is 1. The molecule has 2 N–H and O–H groups in total. The van der Waals surface area contributed by atoms with E-state index in [4.69, 9.17) is 14.5 Å². The van der Waals surface area contributed by atoms with Crippen LogP contribution in [0.5, 0.6) is 11.5 Å². The van der Waals surface area contributed by atoms with Gasteiger partial charge in [0.2, 0.25) is 0 Å². The highest BCUT2D eigenvalue weighted by Crippen LogP contribution is 2.46. The predicted octanol–water partition coefficient (Wildman–Crippen LogP) is 3.00. The van der Waals surface area contributed by atoms with Crippen LogP contribution in [-0.4, -0.2) is 28.6 Å². The molecule has 126 valence electrons. The summed E-state index contributed by atoms with van der Waals surface area (Å²) in [7, 11) is -4.36. The van der Waals surface area contributed by atoms with Crippen LogP contribution in [0.25, 0.3) is 0 Å². The highest BCUT2D eigenvalue weighted by atomic mass is 31.2. The van der Waals surface area contributed by atoms with Crippen molar-refractivity contribution in [3.05, 3.63) is 48.5 Å². The lowest BCUT2D eigenvalue weighted by Gasteiger charge is -2.32. The van der Waals surface area contributed by atoms with Gasteiger partial charge in [-0.2, -0.15) is 0 Å². The van der Waals surface area contributed by atoms with Gasteiger partial charge in [0.05, 0.1) is 17.8 Å². The smallest absolute Gasteiger partial charge is 0.362 e. The zero-order chi connectivity index (χ0) is 17.2. The molecule has 8 heteroatoms. The van der Waals surface area contributed by atoms with Crippen LogP contribution in [0, 0.1) is 0 Å². The molecule has 0 aromatic heterocycles. The van der Waals surface area contributed by atoms with Crippen LogP contribution >= 0.6 is 7.60 Å². The van der Waals surface area contributed by atoms with Crippen molar-refractivity contribution in [2.45, 2.75) is 6.42 Å². The number of fused-ring (bicyclic) bond motifs is 2. The number of nitrogens with zero attached hydrogens (tertiary/aromatic N) is 1. The minimum atomic E-state index is -4.36. The molecule has 3 rings (SSSR count). The lowest BCUT2D eigenvalue weighted by atomic mass is 10.1. The Morgan fingerprint density at radius 3 is 2.12 bits per heavy atom. The molecule has 2 aromatic carbocycles. The van der Waals surface area contributed by atoms with Gasteiger partial charge >= 0.3 is 13.6 Å². The molecule has 0 saturated heterocycles. The first-order valence-electron chi connectivity index (χ1n) is 7.28. The third-order valence-electron chi connectivity index (χ3n) is 3.47. The second-order valence-electron chi connectivity index (χ2n) is 5.25. The highest BCUT2D eigenvalue weighted by Gasteiger charge is 2.24. The molecule has 1 aliphatic heterocycles. The number of para-hydroxylation sites is 4. The Hall–Kier alpha value is -2.34. The summed E-state index contributed by atoms with van der Waals surface area (Å²) in [6, 6.07) is 14.9. The Labute approximate surface area is 138 Å². The third-order valence-corrected chi connectivity index (χ3v) is 3.93. The van der Waals surface area contributed by atoms with E-state index >= 15 is 0 Å².